The van der Waals surface area contributed by atoms with Gasteiger partial charge < -0.3 is 14.6 Å². The quantitative estimate of drug-likeness (QED) is 0.882. The predicted molar refractivity (Wildman–Crippen MR) is 94.5 cm³/mol. The number of benzene rings is 1. The lowest BCUT2D eigenvalue weighted by atomic mass is 9.73. The average molecular weight is 357 g/mol. The van der Waals surface area contributed by atoms with Crippen molar-refractivity contribution < 1.29 is 19.4 Å². The van der Waals surface area contributed by atoms with Crippen LogP contribution < -0.4 is 9.47 Å². The predicted octanol–water partition coefficient (Wildman–Crippen LogP) is 1.97. The summed E-state index contributed by atoms with van der Waals surface area (Å²) in [6.45, 7) is 4.76. The minimum atomic E-state index is -0.938. The number of rotatable bonds is 5. The van der Waals surface area contributed by atoms with Crippen LogP contribution >= 0.6 is 0 Å². The van der Waals surface area contributed by atoms with E-state index in [0.717, 1.165) is 17.8 Å². The summed E-state index contributed by atoms with van der Waals surface area (Å²) in [5.41, 5.74) is 0.935. The summed E-state index contributed by atoms with van der Waals surface area (Å²) >= 11 is 0. The van der Waals surface area contributed by atoms with Gasteiger partial charge in [0.2, 0.25) is 0 Å². The van der Waals surface area contributed by atoms with Crippen LogP contribution in [0.25, 0.3) is 0 Å². The number of hydrogen-bond acceptors (Lipinski definition) is 5. The van der Waals surface area contributed by atoms with Crippen LogP contribution in [0.1, 0.15) is 24.1 Å². The molecule has 7 heteroatoms. The van der Waals surface area contributed by atoms with Crippen molar-refractivity contribution in [3.05, 3.63) is 41.7 Å². The second-order valence-corrected chi connectivity index (χ2v) is 7.01. The van der Waals surface area contributed by atoms with Crippen LogP contribution in [0, 0.1) is 5.41 Å². The number of para-hydroxylation sites is 1. The monoisotopic (exact) mass is 357 g/mol. The first kappa shape index (κ1) is 16.9. The Hall–Kier alpha value is -2.54. The van der Waals surface area contributed by atoms with Gasteiger partial charge in [0.25, 0.3) is 0 Å². The maximum absolute atomic E-state index is 12.2. The van der Waals surface area contributed by atoms with Crippen molar-refractivity contribution in [2.45, 2.75) is 25.9 Å². The van der Waals surface area contributed by atoms with E-state index in [9.17, 15) is 9.90 Å². The number of likely N-dealkylation sites (tertiary alicyclic amines) is 1. The minimum absolute atomic E-state index is 0.132. The molecule has 1 aromatic heterocycles. The van der Waals surface area contributed by atoms with E-state index in [0.29, 0.717) is 31.1 Å². The molecular weight excluding hydrogens is 334 g/mol. The molecule has 3 heterocycles. The van der Waals surface area contributed by atoms with E-state index in [2.05, 4.69) is 10.00 Å². The molecule has 0 radical (unpaired) electrons. The lowest BCUT2D eigenvalue weighted by Crippen LogP contribution is -2.45. The van der Waals surface area contributed by atoms with Crippen molar-refractivity contribution in [2.24, 2.45) is 5.41 Å². The number of ether oxygens (including phenoxy) is 2. The van der Waals surface area contributed by atoms with Crippen LogP contribution in [-0.2, 0) is 17.9 Å². The topological polar surface area (TPSA) is 76.8 Å². The van der Waals surface area contributed by atoms with E-state index >= 15 is 0 Å². The van der Waals surface area contributed by atoms with Crippen LogP contribution in [0.5, 0.6) is 11.5 Å². The third-order valence-corrected chi connectivity index (χ3v) is 5.52. The first-order chi connectivity index (χ1) is 12.6. The molecule has 7 nitrogen and oxygen atoms in total. The molecule has 0 bridgehead atoms. The molecule has 4 rings (SSSR count). The van der Waals surface area contributed by atoms with Gasteiger partial charge in [0, 0.05) is 43.9 Å². The molecular formula is C19H23N3O4. The molecule has 2 aliphatic heterocycles. The van der Waals surface area contributed by atoms with Crippen molar-refractivity contribution in [1.82, 2.24) is 14.7 Å². The molecule has 0 spiro atoms. The van der Waals surface area contributed by atoms with E-state index in [1.165, 1.54) is 0 Å². The van der Waals surface area contributed by atoms with E-state index in [1.807, 2.05) is 42.1 Å². The Bertz CT molecular complexity index is 834. The Kier molecular flexibility index (Phi) is 4.11. The zero-order valence-corrected chi connectivity index (χ0v) is 15.0. The number of aromatic nitrogens is 2. The molecule has 2 atom stereocenters. The van der Waals surface area contributed by atoms with Gasteiger partial charge in [-0.05, 0) is 19.1 Å². The first-order valence-electron chi connectivity index (χ1n) is 8.85. The van der Waals surface area contributed by atoms with Crippen LogP contribution in [0.2, 0.25) is 0 Å². The van der Waals surface area contributed by atoms with E-state index < -0.39 is 11.4 Å². The Labute approximate surface area is 152 Å². The van der Waals surface area contributed by atoms with Crippen molar-refractivity contribution >= 4 is 5.97 Å². The lowest BCUT2D eigenvalue weighted by Gasteiger charge is -2.36. The van der Waals surface area contributed by atoms with Gasteiger partial charge in [-0.3, -0.25) is 14.4 Å². The number of aryl methyl sites for hydroxylation is 1. The molecule has 1 aromatic carbocycles. The second kappa shape index (κ2) is 6.32. The third-order valence-electron chi connectivity index (χ3n) is 5.52. The largest absolute Gasteiger partial charge is 0.493 e. The number of carboxylic acids is 1. The summed E-state index contributed by atoms with van der Waals surface area (Å²) in [5, 5.41) is 14.5. The van der Waals surface area contributed by atoms with Crippen molar-refractivity contribution in [2.75, 3.05) is 26.8 Å². The molecule has 138 valence electrons. The fourth-order valence-corrected chi connectivity index (χ4v) is 4.16. The lowest BCUT2D eigenvalue weighted by molar-refractivity contribution is -0.152. The highest BCUT2D eigenvalue weighted by Crippen LogP contribution is 2.52. The van der Waals surface area contributed by atoms with Crippen molar-refractivity contribution in [3.8, 4) is 11.5 Å². The van der Waals surface area contributed by atoms with E-state index in [-0.39, 0.29) is 12.5 Å². The average Bonchev–Trinajstić information content (AvgIpc) is 3.26. The number of methoxy groups -OCH3 is 1. The molecule has 0 unspecified atom stereocenters. The van der Waals surface area contributed by atoms with Gasteiger partial charge in [-0.25, -0.2) is 0 Å². The summed E-state index contributed by atoms with van der Waals surface area (Å²) < 4.78 is 13.2. The van der Waals surface area contributed by atoms with Gasteiger partial charge >= 0.3 is 5.97 Å². The number of carboxylic acid groups (broad SMARTS) is 1. The molecule has 0 aliphatic carbocycles. The number of carbonyl (C=O) groups is 1. The number of nitrogens with zero attached hydrogens (tertiary/aromatic N) is 3. The molecule has 1 saturated heterocycles. The summed E-state index contributed by atoms with van der Waals surface area (Å²) in [6.07, 6.45) is 1.95. The van der Waals surface area contributed by atoms with Crippen LogP contribution in [0.3, 0.4) is 0 Å². The zero-order valence-electron chi connectivity index (χ0n) is 15.0. The molecule has 1 fully saturated rings. The van der Waals surface area contributed by atoms with Gasteiger partial charge in [-0.2, -0.15) is 5.10 Å². The number of hydrogen-bond donors (Lipinski definition) is 1. The van der Waals surface area contributed by atoms with Gasteiger partial charge in [-0.15, -0.1) is 0 Å². The Morgan fingerprint density at radius 1 is 1.46 bits per heavy atom. The normalized spacial score (nSPS) is 24.6. The summed E-state index contributed by atoms with van der Waals surface area (Å²) in [7, 11) is 1.60. The number of fused-ring (bicyclic) bond motifs is 3. The maximum atomic E-state index is 12.2. The Balaban J connectivity index is 1.65. The zero-order chi connectivity index (χ0) is 18.3. The molecule has 1 N–H and O–H groups in total. The van der Waals surface area contributed by atoms with E-state index in [1.54, 1.807) is 7.11 Å². The van der Waals surface area contributed by atoms with Crippen molar-refractivity contribution in [1.29, 1.82) is 0 Å². The van der Waals surface area contributed by atoms with Gasteiger partial charge in [0.1, 0.15) is 12.0 Å². The van der Waals surface area contributed by atoms with Crippen LogP contribution in [0.4, 0.5) is 0 Å². The molecule has 2 aromatic rings. The standard InChI is InChI=1S/C19H23N3O4/c1-3-22-8-7-13(20-22)9-21-10-15-14-5-4-6-16(25-2)17(14)26-12-19(15,11-21)18(23)24/h4-8,15H,3,9-12H2,1-2H3,(H,23,24)/t15-,19-/m0/s1. The first-order valence-corrected chi connectivity index (χ1v) is 8.85. The summed E-state index contributed by atoms with van der Waals surface area (Å²) in [4.78, 5) is 14.4. The molecule has 2 aliphatic rings. The summed E-state index contributed by atoms with van der Waals surface area (Å²) in [5.74, 6) is 0.389. The van der Waals surface area contributed by atoms with Gasteiger partial charge in [0.05, 0.1) is 12.8 Å². The fourth-order valence-electron chi connectivity index (χ4n) is 4.16. The van der Waals surface area contributed by atoms with Crippen molar-refractivity contribution in [3.63, 3.8) is 0 Å². The van der Waals surface area contributed by atoms with Crippen LogP contribution in [-0.4, -0.2) is 52.6 Å². The smallest absolute Gasteiger partial charge is 0.315 e. The highest BCUT2D eigenvalue weighted by molar-refractivity contribution is 5.78. The fraction of sp³-hybridized carbons (Fsp3) is 0.474. The Morgan fingerprint density at radius 2 is 2.31 bits per heavy atom. The highest BCUT2D eigenvalue weighted by atomic mass is 16.5. The molecule has 0 amide bonds. The summed E-state index contributed by atoms with van der Waals surface area (Å²) in [6, 6.07) is 7.68. The molecule has 26 heavy (non-hydrogen) atoms. The Morgan fingerprint density at radius 3 is 3.00 bits per heavy atom. The third kappa shape index (κ3) is 2.54. The molecule has 0 saturated carbocycles. The van der Waals surface area contributed by atoms with Gasteiger partial charge in [-0.1, -0.05) is 12.1 Å². The van der Waals surface area contributed by atoms with Gasteiger partial charge in [0.15, 0.2) is 11.5 Å². The number of aliphatic carboxylic acids is 1. The second-order valence-electron chi connectivity index (χ2n) is 7.01. The van der Waals surface area contributed by atoms with E-state index in [4.69, 9.17) is 9.47 Å². The minimum Gasteiger partial charge on any atom is -0.493 e. The SMILES string of the molecule is CCn1ccc(CN2C[C@H]3c4cccc(OC)c4OC[C@@]3(C(=O)O)C2)n1. The maximum Gasteiger partial charge on any atom is 0.315 e. The van der Waals surface area contributed by atoms with Crippen LogP contribution in [0.15, 0.2) is 30.5 Å². The highest BCUT2D eigenvalue weighted by Gasteiger charge is 2.56.